The molecule has 0 saturated carbocycles. The number of aliphatic hydroxyl groups excluding tert-OH is 2. The number of ether oxygens (including phenoxy) is 2. The molecule has 0 bridgehead atoms. The fraction of sp³-hybridized carbons (Fsp3) is 0.636. The van der Waals surface area contributed by atoms with Gasteiger partial charge in [0.2, 0.25) is 0 Å². The molecule has 112 valence electrons. The van der Waals surface area contributed by atoms with E-state index >= 15 is 0 Å². The fourth-order valence-electron chi connectivity index (χ4n) is 2.00. The van der Waals surface area contributed by atoms with Gasteiger partial charge in [-0.15, -0.1) is 0 Å². The molecule has 20 heavy (non-hydrogen) atoms. The van der Waals surface area contributed by atoms with E-state index in [9.17, 15) is 15.0 Å². The van der Waals surface area contributed by atoms with Crippen LogP contribution >= 0.6 is 0 Å². The van der Waals surface area contributed by atoms with E-state index in [1.165, 1.54) is 16.8 Å². The summed E-state index contributed by atoms with van der Waals surface area (Å²) in [5.41, 5.74) is -0.267. The van der Waals surface area contributed by atoms with Gasteiger partial charge in [-0.3, -0.25) is 0 Å². The Balaban J connectivity index is 2.13. The van der Waals surface area contributed by atoms with Crippen LogP contribution in [0.1, 0.15) is 6.23 Å². The molecule has 0 unspecified atom stereocenters. The third-order valence-corrected chi connectivity index (χ3v) is 3.65. The number of rotatable bonds is 5. The van der Waals surface area contributed by atoms with Gasteiger partial charge in [0.25, 0.3) is 0 Å². The fourth-order valence-corrected chi connectivity index (χ4v) is 2.56. The minimum atomic E-state index is -1.11. The van der Waals surface area contributed by atoms with Crippen LogP contribution in [0, 0.1) is 4.32 Å². The minimum absolute atomic E-state index is 0.155. The topological polar surface area (TPSA) is 109 Å². The van der Waals surface area contributed by atoms with E-state index in [0.29, 0.717) is 11.1 Å². The summed E-state index contributed by atoms with van der Waals surface area (Å²) in [6, 6.07) is 1.31. The van der Waals surface area contributed by atoms with Gasteiger partial charge < -0.3 is 0 Å². The van der Waals surface area contributed by atoms with E-state index < -0.39 is 24.5 Å². The van der Waals surface area contributed by atoms with E-state index in [0.717, 1.165) is 0 Å². The number of H-pyrrole nitrogens is 1. The second kappa shape index (κ2) is 6.77. The second-order valence-corrected chi connectivity index (χ2v) is 5.24. The normalized spacial score (nSPS) is 29.8. The Morgan fingerprint density at radius 3 is 2.95 bits per heavy atom. The Morgan fingerprint density at radius 2 is 2.30 bits per heavy atom. The predicted octanol–water partition coefficient (Wildman–Crippen LogP) is -2.31. The number of nitrogens with zero attached hydrogens (tertiary/aromatic N) is 1. The van der Waals surface area contributed by atoms with Gasteiger partial charge in [-0.05, 0) is 0 Å². The summed E-state index contributed by atoms with van der Waals surface area (Å²) in [7, 11) is 1.74. The van der Waals surface area contributed by atoms with Gasteiger partial charge in [-0.2, -0.15) is 0 Å². The summed E-state index contributed by atoms with van der Waals surface area (Å²) in [6.07, 6.45) is -2.11. The van der Waals surface area contributed by atoms with Crippen LogP contribution in [-0.2, 0) is 9.47 Å². The van der Waals surface area contributed by atoms with Crippen LogP contribution in [0.3, 0.4) is 0 Å². The van der Waals surface area contributed by atoms with Crippen LogP contribution in [0.5, 0.6) is 0 Å². The molecule has 0 amide bonds. The number of hydrogen-bond acceptors (Lipinski definition) is 6. The number of nitrogens with one attached hydrogen (secondary N) is 2. The first-order valence-corrected chi connectivity index (χ1v) is 6.95. The van der Waals surface area contributed by atoms with Crippen molar-refractivity contribution in [2.24, 2.45) is 0 Å². The van der Waals surface area contributed by atoms with Gasteiger partial charge in [-0.1, -0.05) is 0 Å². The molecule has 2 rings (SSSR count). The summed E-state index contributed by atoms with van der Waals surface area (Å²) in [4.78, 5) is 13.7. The Hall–Kier alpha value is -0.801. The molecule has 0 aromatic carbocycles. The summed E-state index contributed by atoms with van der Waals surface area (Å²) >= 11 is 2.68. The third kappa shape index (κ3) is 3.26. The van der Waals surface area contributed by atoms with Gasteiger partial charge in [0.05, 0.1) is 0 Å². The zero-order valence-electron chi connectivity index (χ0n) is 10.9. The number of aromatic amines is 1. The van der Waals surface area contributed by atoms with E-state index in [-0.39, 0.29) is 12.2 Å². The van der Waals surface area contributed by atoms with Gasteiger partial charge in [0.1, 0.15) is 0 Å². The molecule has 1 aromatic rings. The molecule has 8 nitrogen and oxygen atoms in total. The van der Waals surface area contributed by atoms with Crippen molar-refractivity contribution in [2.75, 3.05) is 20.4 Å². The molecule has 1 aliphatic rings. The van der Waals surface area contributed by atoms with Crippen LogP contribution < -0.4 is 10.9 Å². The molecular formula is C11H17N3O5Se. The standard InChI is InChI=1S/C11H17N3O5Se/c1-12-5-18-4-6-8(16)9(17)10(19-6)14-3-2-7(15)13-11(14)20/h2-3,6,8-10,12,16-17H,4-5H2,1H3,(H,13,15,20)/t6-,8-,9-,10-/m1/s1. The van der Waals surface area contributed by atoms with E-state index in [2.05, 4.69) is 25.9 Å². The summed E-state index contributed by atoms with van der Waals surface area (Å²) in [5, 5.41) is 22.8. The van der Waals surface area contributed by atoms with Crippen molar-refractivity contribution >= 4 is 15.6 Å². The van der Waals surface area contributed by atoms with Gasteiger partial charge in [-0.25, -0.2) is 0 Å². The Morgan fingerprint density at radius 1 is 1.55 bits per heavy atom. The summed E-state index contributed by atoms with van der Waals surface area (Å²) in [6.45, 7) is 0.480. The molecule has 2 heterocycles. The monoisotopic (exact) mass is 351 g/mol. The van der Waals surface area contributed by atoms with Crippen LogP contribution in [-0.4, -0.2) is 74.0 Å². The Kier molecular flexibility index (Phi) is 5.28. The van der Waals surface area contributed by atoms with Crippen LogP contribution in [0.15, 0.2) is 17.1 Å². The maximum absolute atomic E-state index is 11.2. The molecule has 4 atom stereocenters. The van der Waals surface area contributed by atoms with Crippen molar-refractivity contribution < 1.29 is 19.7 Å². The molecule has 9 heteroatoms. The number of aliphatic hydroxyl groups is 2. The Labute approximate surface area is 122 Å². The van der Waals surface area contributed by atoms with Crippen LogP contribution in [0.2, 0.25) is 0 Å². The SMILES string of the molecule is CNCOC[C@H]1O[C@@H](n2ccc(=O)[nH]c2=[Se])[C@H](O)[C@@H]1O. The molecular weight excluding hydrogens is 333 g/mol. The maximum atomic E-state index is 11.2. The molecule has 1 aromatic heterocycles. The van der Waals surface area contributed by atoms with Crippen molar-refractivity contribution in [1.82, 2.24) is 14.9 Å². The first-order chi connectivity index (χ1) is 9.54. The molecule has 0 radical (unpaired) electrons. The zero-order chi connectivity index (χ0) is 14.7. The average molecular weight is 350 g/mol. The molecule has 4 N–H and O–H groups in total. The number of aromatic nitrogens is 2. The zero-order valence-corrected chi connectivity index (χ0v) is 12.6. The first-order valence-electron chi connectivity index (χ1n) is 6.10. The van der Waals surface area contributed by atoms with Crippen molar-refractivity contribution in [3.05, 3.63) is 26.9 Å². The van der Waals surface area contributed by atoms with Crippen LogP contribution in [0.4, 0.5) is 0 Å². The predicted molar refractivity (Wildman–Crippen MR) is 69.9 cm³/mol. The van der Waals surface area contributed by atoms with Crippen LogP contribution in [0.25, 0.3) is 0 Å². The van der Waals surface area contributed by atoms with Crippen molar-refractivity contribution in [3.8, 4) is 0 Å². The molecule has 1 saturated heterocycles. The second-order valence-electron chi connectivity index (χ2n) is 4.43. The molecule has 0 spiro atoms. The molecule has 1 fully saturated rings. The van der Waals surface area contributed by atoms with E-state index in [1.54, 1.807) is 7.05 Å². The number of hydrogen-bond donors (Lipinski definition) is 4. The van der Waals surface area contributed by atoms with Crippen molar-refractivity contribution in [3.63, 3.8) is 0 Å². The quantitative estimate of drug-likeness (QED) is 0.270. The third-order valence-electron chi connectivity index (χ3n) is 2.99. The van der Waals surface area contributed by atoms with Gasteiger partial charge in [0.15, 0.2) is 0 Å². The summed E-state index contributed by atoms with van der Waals surface area (Å²) < 4.78 is 12.8. The van der Waals surface area contributed by atoms with Gasteiger partial charge >= 0.3 is 122 Å². The van der Waals surface area contributed by atoms with Gasteiger partial charge in [0, 0.05) is 0 Å². The van der Waals surface area contributed by atoms with E-state index in [1.807, 2.05) is 0 Å². The van der Waals surface area contributed by atoms with Crippen molar-refractivity contribution in [1.29, 1.82) is 0 Å². The average Bonchev–Trinajstić information content (AvgIpc) is 2.68. The summed E-state index contributed by atoms with van der Waals surface area (Å²) in [5.74, 6) is 0. The van der Waals surface area contributed by atoms with E-state index in [4.69, 9.17) is 9.47 Å². The first kappa shape index (κ1) is 15.6. The Bertz CT molecular complexity index is 559. The van der Waals surface area contributed by atoms with Crippen molar-refractivity contribution in [2.45, 2.75) is 24.5 Å². The molecule has 1 aliphatic heterocycles. The molecule has 0 aliphatic carbocycles.